The molecular formula is C60H78N2O16. The molecule has 7 rings (SSSR count). The molecule has 0 N–H and O–H groups in total. The second kappa shape index (κ2) is 29.3. The molecule has 4 saturated carbocycles. The summed E-state index contributed by atoms with van der Waals surface area (Å²) in [6.45, 7) is 10.2. The molecule has 0 atom stereocenters. The highest BCUT2D eigenvalue weighted by Gasteiger charge is 2.36. The van der Waals surface area contributed by atoms with Gasteiger partial charge in [0.1, 0.15) is 60.6 Å². The van der Waals surface area contributed by atoms with Crippen molar-refractivity contribution >= 4 is 48.0 Å². The fraction of sp³-hybridized carbons (Fsp3) is 0.600. The predicted octanol–water partition coefficient (Wildman–Crippen LogP) is 10.6. The Morgan fingerprint density at radius 2 is 0.769 bits per heavy atom. The summed E-state index contributed by atoms with van der Waals surface area (Å²) >= 11 is 0. The minimum absolute atomic E-state index is 0.0367. The van der Waals surface area contributed by atoms with E-state index in [1.165, 1.54) is 110 Å². The first-order valence-electron chi connectivity index (χ1n) is 28.3. The number of piperazine rings is 1. The Balaban J connectivity index is 0.931. The van der Waals surface area contributed by atoms with E-state index in [-0.39, 0.29) is 98.6 Å². The smallest absolute Gasteiger partial charge is 0.415 e. The van der Waals surface area contributed by atoms with E-state index >= 15 is 0 Å². The van der Waals surface area contributed by atoms with Crippen LogP contribution in [-0.4, -0.2) is 110 Å². The Hall–Kier alpha value is -6.72. The van der Waals surface area contributed by atoms with Crippen LogP contribution in [0, 0.1) is 47.3 Å². The van der Waals surface area contributed by atoms with Crippen molar-refractivity contribution in [3.05, 3.63) is 72.8 Å². The minimum atomic E-state index is -0.901. The average molecular weight is 1080 g/mol. The van der Waals surface area contributed by atoms with Crippen LogP contribution in [0.2, 0.25) is 0 Å². The van der Waals surface area contributed by atoms with Gasteiger partial charge in [-0.25, -0.2) is 28.8 Å². The van der Waals surface area contributed by atoms with Gasteiger partial charge in [0.25, 0.3) is 0 Å². The predicted molar refractivity (Wildman–Crippen MR) is 285 cm³/mol. The third kappa shape index (κ3) is 16.7. The molecule has 0 radical (unpaired) electrons. The van der Waals surface area contributed by atoms with Crippen molar-refractivity contribution in [2.45, 2.75) is 129 Å². The summed E-state index contributed by atoms with van der Waals surface area (Å²) in [5, 5.41) is 0. The maximum absolute atomic E-state index is 13.6. The molecule has 1 heterocycles. The Kier molecular flexibility index (Phi) is 22.2. The zero-order valence-corrected chi connectivity index (χ0v) is 45.5. The van der Waals surface area contributed by atoms with E-state index in [4.69, 9.17) is 37.9 Å². The molecule has 0 bridgehead atoms. The van der Waals surface area contributed by atoms with Gasteiger partial charge in [0.2, 0.25) is 0 Å². The van der Waals surface area contributed by atoms with Gasteiger partial charge in [-0.2, -0.15) is 0 Å². The fourth-order valence-corrected chi connectivity index (χ4v) is 12.0. The lowest BCUT2D eigenvalue weighted by Crippen LogP contribution is -2.52. The Morgan fingerprint density at radius 3 is 1.09 bits per heavy atom. The van der Waals surface area contributed by atoms with E-state index < -0.39 is 48.0 Å². The first kappa shape index (κ1) is 59.0. The number of carbonyl (C=O) groups excluding carboxylic acids is 8. The molecular weight excluding hydrogens is 1000 g/mol. The summed E-state index contributed by atoms with van der Waals surface area (Å²) < 4.78 is 43.6. The third-order valence-corrected chi connectivity index (χ3v) is 16.9. The zero-order valence-electron chi connectivity index (χ0n) is 45.5. The first-order valence-corrected chi connectivity index (χ1v) is 28.3. The quantitative estimate of drug-likeness (QED) is 0.0396. The molecule has 0 unspecified atom stereocenters. The number of rotatable bonds is 20. The van der Waals surface area contributed by atoms with E-state index in [2.05, 4.69) is 27.0 Å². The molecule has 4 aliphatic carbocycles. The molecule has 78 heavy (non-hydrogen) atoms. The van der Waals surface area contributed by atoms with Crippen LogP contribution >= 0.6 is 0 Å². The molecule has 18 heteroatoms. The first-order chi connectivity index (χ1) is 37.7. The van der Waals surface area contributed by atoms with Crippen LogP contribution < -0.4 is 18.9 Å². The molecule has 2 aromatic carbocycles. The fourth-order valence-electron chi connectivity index (χ4n) is 12.0. The van der Waals surface area contributed by atoms with Crippen LogP contribution in [0.3, 0.4) is 0 Å². The number of esters is 6. The van der Waals surface area contributed by atoms with Gasteiger partial charge < -0.3 is 47.7 Å². The number of benzene rings is 2. The summed E-state index contributed by atoms with van der Waals surface area (Å²) in [6, 6.07) is 8.03. The molecule has 424 valence electrons. The van der Waals surface area contributed by atoms with Crippen LogP contribution in [-0.2, 0) is 38.1 Å². The van der Waals surface area contributed by atoms with E-state index in [0.29, 0.717) is 49.4 Å². The summed E-state index contributed by atoms with van der Waals surface area (Å²) in [4.78, 5) is 107. The van der Waals surface area contributed by atoms with Gasteiger partial charge in [-0.3, -0.25) is 9.59 Å². The van der Waals surface area contributed by atoms with Gasteiger partial charge in [-0.15, -0.1) is 0 Å². The van der Waals surface area contributed by atoms with Gasteiger partial charge in [0.05, 0.1) is 11.8 Å². The number of carbonyl (C=O) groups is 8. The lowest BCUT2D eigenvalue weighted by atomic mass is 9.69. The van der Waals surface area contributed by atoms with Crippen molar-refractivity contribution in [1.29, 1.82) is 0 Å². The Morgan fingerprint density at radius 1 is 0.449 bits per heavy atom. The van der Waals surface area contributed by atoms with Crippen LogP contribution in [0.4, 0.5) is 9.59 Å². The van der Waals surface area contributed by atoms with Crippen LogP contribution in [0.25, 0.3) is 0 Å². The van der Waals surface area contributed by atoms with E-state index in [9.17, 15) is 38.4 Å². The molecule has 1 saturated heterocycles. The molecule has 0 spiro atoms. The van der Waals surface area contributed by atoms with Crippen LogP contribution in [0.5, 0.6) is 23.0 Å². The van der Waals surface area contributed by atoms with E-state index in [1.807, 2.05) is 0 Å². The molecule has 1 aliphatic heterocycles. The van der Waals surface area contributed by atoms with Crippen molar-refractivity contribution in [2.75, 3.05) is 52.6 Å². The van der Waals surface area contributed by atoms with Gasteiger partial charge in [-0.1, -0.05) is 65.5 Å². The number of hydrogen-bond acceptors (Lipinski definition) is 16. The maximum Gasteiger partial charge on any atom is 0.415 e. The van der Waals surface area contributed by atoms with Gasteiger partial charge in [-0.05, 0) is 149 Å². The van der Waals surface area contributed by atoms with Crippen molar-refractivity contribution in [3.8, 4) is 23.0 Å². The highest BCUT2D eigenvalue weighted by molar-refractivity contribution is 5.95. The number of nitrogens with zero attached hydrogens (tertiary/aromatic N) is 2. The lowest BCUT2D eigenvalue weighted by molar-refractivity contribution is -0.141. The van der Waals surface area contributed by atoms with Gasteiger partial charge in [0.15, 0.2) is 0 Å². The van der Waals surface area contributed by atoms with Gasteiger partial charge >= 0.3 is 48.0 Å². The standard InChI is InChI=1S/C60H78N2O16/c1-5-39-9-13-41(14-10-39)43-17-21-45(22-18-43)55(65)77-51-27-25-47(37-49(51)57(67)73-35-33-71-53(63)7-3)75-59(69)61-29-31-62(32-30-61)60(70)76-48-26-28-52(50(38-48)58(68)74-36-34-72-54(64)8-4)78-56(66)46-23-19-44(20-24-46)42-15-11-40(6-2)12-16-42/h7-8,25-28,37-46H,3-6,9-24,29-36H2,1-2H3. The molecule has 5 aliphatic rings. The normalized spacial score (nSPS) is 24.3. The lowest BCUT2D eigenvalue weighted by Gasteiger charge is -2.37. The van der Waals surface area contributed by atoms with E-state index in [0.717, 1.165) is 49.7 Å². The molecule has 2 amide bonds. The molecule has 18 nitrogen and oxygen atoms in total. The highest BCUT2D eigenvalue weighted by Crippen LogP contribution is 2.44. The number of ether oxygens (including phenoxy) is 8. The average Bonchev–Trinajstić information content (AvgIpc) is 3.47. The second-order valence-electron chi connectivity index (χ2n) is 21.5. The number of hydrogen-bond donors (Lipinski definition) is 0. The van der Waals surface area contributed by atoms with Gasteiger partial charge in [0, 0.05) is 38.3 Å². The third-order valence-electron chi connectivity index (χ3n) is 16.9. The summed E-state index contributed by atoms with van der Waals surface area (Å²) in [5.41, 5.74) is -0.349. The highest BCUT2D eigenvalue weighted by atomic mass is 16.6. The largest absolute Gasteiger partial charge is 0.459 e. The number of amides is 2. The second-order valence-corrected chi connectivity index (χ2v) is 21.5. The van der Waals surface area contributed by atoms with Crippen molar-refractivity contribution < 1.29 is 76.3 Å². The molecule has 2 aromatic rings. The Bertz CT molecular complexity index is 2270. The maximum atomic E-state index is 13.6. The van der Waals surface area contributed by atoms with Crippen LogP contribution in [0.1, 0.15) is 150 Å². The molecule has 0 aromatic heterocycles. The summed E-state index contributed by atoms with van der Waals surface area (Å²) in [5.74, 6) is -0.833. The zero-order chi connectivity index (χ0) is 55.6. The van der Waals surface area contributed by atoms with Crippen molar-refractivity contribution in [3.63, 3.8) is 0 Å². The summed E-state index contributed by atoms with van der Waals surface area (Å²) in [6.07, 6.45) is 19.4. The SMILES string of the molecule is C=CC(=O)OCCOC(=O)c1cc(OC(=O)N2CCN(C(=O)Oc3ccc(OC(=O)C4CCC(C5CCC(CC)CC5)CC4)c(C(=O)OCCOC(=O)C=C)c3)CC2)ccc1OC(=O)C1CCC(C2CCC(CC)CC2)CC1. The van der Waals surface area contributed by atoms with Crippen molar-refractivity contribution in [1.82, 2.24) is 9.80 Å². The Labute approximate surface area is 457 Å². The molecule has 5 fully saturated rings. The summed E-state index contributed by atoms with van der Waals surface area (Å²) in [7, 11) is 0. The topological polar surface area (TPSA) is 217 Å². The van der Waals surface area contributed by atoms with E-state index in [1.54, 1.807) is 0 Å². The van der Waals surface area contributed by atoms with Crippen LogP contribution in [0.15, 0.2) is 61.7 Å². The monoisotopic (exact) mass is 1080 g/mol. The minimum Gasteiger partial charge on any atom is -0.459 e. The van der Waals surface area contributed by atoms with Crippen molar-refractivity contribution in [2.24, 2.45) is 47.3 Å².